The summed E-state index contributed by atoms with van der Waals surface area (Å²) in [6.45, 7) is 2.89. The van der Waals surface area contributed by atoms with E-state index >= 15 is 0 Å². The standard InChI is InChI=1S/C12H14N2O2S/c1-3-13-12-14-9-5-4-8(6-10(9)17-12)7-11(15)16-2/h4-6H,3,7H2,1-2H3,(H,13,14). The summed E-state index contributed by atoms with van der Waals surface area (Å²) in [5.74, 6) is -0.222. The Balaban J connectivity index is 2.26. The lowest BCUT2D eigenvalue weighted by Gasteiger charge is -1.98. The average molecular weight is 250 g/mol. The van der Waals surface area contributed by atoms with E-state index < -0.39 is 0 Å². The van der Waals surface area contributed by atoms with Crippen LogP contribution in [0.1, 0.15) is 12.5 Å². The SMILES string of the molecule is CCNc1nc2ccc(CC(=O)OC)cc2s1. The van der Waals surface area contributed by atoms with Crippen molar-refractivity contribution in [3.05, 3.63) is 23.8 Å². The minimum absolute atomic E-state index is 0.222. The first-order valence-electron chi connectivity index (χ1n) is 5.43. The number of carbonyl (C=O) groups excluding carboxylic acids is 1. The zero-order valence-corrected chi connectivity index (χ0v) is 10.6. The topological polar surface area (TPSA) is 51.2 Å². The summed E-state index contributed by atoms with van der Waals surface area (Å²) in [5, 5.41) is 4.10. The van der Waals surface area contributed by atoms with Crippen LogP contribution in [0.4, 0.5) is 5.13 Å². The second-order valence-corrected chi connectivity index (χ2v) is 4.63. The summed E-state index contributed by atoms with van der Waals surface area (Å²) in [7, 11) is 1.40. The first-order valence-corrected chi connectivity index (χ1v) is 6.24. The Labute approximate surface area is 104 Å². The van der Waals surface area contributed by atoms with Gasteiger partial charge in [0.1, 0.15) is 0 Å². The molecule has 4 nitrogen and oxygen atoms in total. The highest BCUT2D eigenvalue weighted by Gasteiger charge is 2.07. The molecule has 5 heteroatoms. The van der Waals surface area contributed by atoms with Gasteiger partial charge in [0, 0.05) is 6.54 Å². The van der Waals surface area contributed by atoms with Crippen molar-refractivity contribution in [2.45, 2.75) is 13.3 Å². The molecule has 90 valence electrons. The summed E-state index contributed by atoms with van der Waals surface area (Å²) >= 11 is 1.60. The van der Waals surface area contributed by atoms with Gasteiger partial charge in [-0.3, -0.25) is 4.79 Å². The highest BCUT2D eigenvalue weighted by molar-refractivity contribution is 7.22. The van der Waals surface area contributed by atoms with Gasteiger partial charge in [0.2, 0.25) is 0 Å². The number of methoxy groups -OCH3 is 1. The molecule has 0 bridgehead atoms. The largest absolute Gasteiger partial charge is 0.469 e. The van der Waals surface area contributed by atoms with Crippen molar-refractivity contribution in [1.82, 2.24) is 4.98 Å². The van der Waals surface area contributed by atoms with E-state index in [0.717, 1.165) is 27.5 Å². The molecular formula is C12H14N2O2S. The zero-order chi connectivity index (χ0) is 12.3. The first-order chi connectivity index (χ1) is 8.22. The Hall–Kier alpha value is -1.62. The summed E-state index contributed by atoms with van der Waals surface area (Å²) < 4.78 is 5.73. The summed E-state index contributed by atoms with van der Waals surface area (Å²) in [6.07, 6.45) is 0.306. The van der Waals surface area contributed by atoms with Gasteiger partial charge in [0.25, 0.3) is 0 Å². The van der Waals surface area contributed by atoms with Crippen molar-refractivity contribution in [1.29, 1.82) is 0 Å². The smallest absolute Gasteiger partial charge is 0.309 e. The third kappa shape index (κ3) is 2.74. The third-order valence-corrected chi connectivity index (χ3v) is 3.33. The van der Waals surface area contributed by atoms with Crippen molar-refractivity contribution in [3.8, 4) is 0 Å². The van der Waals surface area contributed by atoms with Gasteiger partial charge in [-0.1, -0.05) is 17.4 Å². The second-order valence-electron chi connectivity index (χ2n) is 3.60. The number of ether oxygens (including phenoxy) is 1. The molecule has 0 aliphatic carbocycles. The molecular weight excluding hydrogens is 236 g/mol. The molecule has 0 radical (unpaired) electrons. The van der Waals surface area contributed by atoms with E-state index in [9.17, 15) is 4.79 Å². The number of thiazole rings is 1. The summed E-state index contributed by atoms with van der Waals surface area (Å²) in [5.41, 5.74) is 1.91. The van der Waals surface area contributed by atoms with E-state index in [1.54, 1.807) is 11.3 Å². The monoisotopic (exact) mass is 250 g/mol. The molecule has 0 unspecified atom stereocenters. The van der Waals surface area contributed by atoms with E-state index in [4.69, 9.17) is 0 Å². The van der Waals surface area contributed by atoms with Gasteiger partial charge < -0.3 is 10.1 Å². The normalized spacial score (nSPS) is 10.5. The quantitative estimate of drug-likeness (QED) is 0.847. The molecule has 0 atom stereocenters. The zero-order valence-electron chi connectivity index (χ0n) is 9.82. The van der Waals surface area contributed by atoms with E-state index in [0.29, 0.717) is 6.42 Å². The van der Waals surface area contributed by atoms with Gasteiger partial charge in [-0.2, -0.15) is 0 Å². The van der Waals surface area contributed by atoms with Gasteiger partial charge >= 0.3 is 5.97 Å². The molecule has 0 aliphatic heterocycles. The molecule has 1 N–H and O–H groups in total. The fourth-order valence-corrected chi connectivity index (χ4v) is 2.54. The average Bonchev–Trinajstić information content (AvgIpc) is 2.71. The van der Waals surface area contributed by atoms with Crippen LogP contribution in [0.25, 0.3) is 10.2 Å². The number of fused-ring (bicyclic) bond motifs is 1. The minimum atomic E-state index is -0.222. The maximum atomic E-state index is 11.2. The van der Waals surface area contributed by atoms with E-state index in [1.807, 2.05) is 25.1 Å². The number of nitrogens with zero attached hydrogens (tertiary/aromatic N) is 1. The molecule has 2 rings (SSSR count). The van der Waals surface area contributed by atoms with Crippen LogP contribution in [0.15, 0.2) is 18.2 Å². The molecule has 0 saturated heterocycles. The van der Waals surface area contributed by atoms with E-state index in [1.165, 1.54) is 7.11 Å². The van der Waals surface area contributed by atoms with Gasteiger partial charge in [-0.05, 0) is 24.6 Å². The molecule has 1 aromatic carbocycles. The molecule has 0 aliphatic rings. The molecule has 0 spiro atoms. The second kappa shape index (κ2) is 5.14. The first kappa shape index (κ1) is 11.9. The Morgan fingerprint density at radius 2 is 2.35 bits per heavy atom. The number of anilines is 1. The highest BCUT2D eigenvalue weighted by atomic mass is 32.1. The Bertz CT molecular complexity index is 536. The predicted octanol–water partition coefficient (Wildman–Crippen LogP) is 2.44. The van der Waals surface area contributed by atoms with Crippen LogP contribution in [0.2, 0.25) is 0 Å². The number of benzene rings is 1. The molecule has 1 heterocycles. The Morgan fingerprint density at radius 3 is 3.06 bits per heavy atom. The number of rotatable bonds is 4. The summed E-state index contributed by atoms with van der Waals surface area (Å²) in [6, 6.07) is 5.84. The Morgan fingerprint density at radius 1 is 1.53 bits per heavy atom. The van der Waals surface area contributed by atoms with Crippen molar-refractivity contribution in [2.75, 3.05) is 19.0 Å². The molecule has 1 aromatic heterocycles. The van der Waals surface area contributed by atoms with Crippen LogP contribution in [0.3, 0.4) is 0 Å². The third-order valence-electron chi connectivity index (χ3n) is 2.36. The lowest BCUT2D eigenvalue weighted by molar-refractivity contribution is -0.139. The fourth-order valence-electron chi connectivity index (χ4n) is 1.54. The predicted molar refractivity (Wildman–Crippen MR) is 69.5 cm³/mol. The van der Waals surface area contributed by atoms with Crippen LogP contribution >= 0.6 is 11.3 Å². The van der Waals surface area contributed by atoms with Crippen LogP contribution in [0, 0.1) is 0 Å². The summed E-state index contributed by atoms with van der Waals surface area (Å²) in [4.78, 5) is 15.6. The molecule has 17 heavy (non-hydrogen) atoms. The lowest BCUT2D eigenvalue weighted by atomic mass is 10.1. The number of hydrogen-bond donors (Lipinski definition) is 1. The molecule has 0 fully saturated rings. The van der Waals surface area contributed by atoms with Gasteiger partial charge in [-0.25, -0.2) is 4.98 Å². The number of esters is 1. The number of hydrogen-bond acceptors (Lipinski definition) is 5. The molecule has 0 amide bonds. The van der Waals surface area contributed by atoms with Gasteiger partial charge in [0.15, 0.2) is 5.13 Å². The van der Waals surface area contributed by atoms with Crippen molar-refractivity contribution in [2.24, 2.45) is 0 Å². The van der Waals surface area contributed by atoms with Crippen LogP contribution in [-0.2, 0) is 16.0 Å². The number of aromatic nitrogens is 1. The van der Waals surface area contributed by atoms with Crippen LogP contribution < -0.4 is 5.32 Å². The van der Waals surface area contributed by atoms with Crippen LogP contribution in [-0.4, -0.2) is 24.6 Å². The number of nitrogens with one attached hydrogen (secondary N) is 1. The molecule has 2 aromatic rings. The van der Waals surface area contributed by atoms with Gasteiger partial charge in [-0.15, -0.1) is 0 Å². The molecule has 0 saturated carbocycles. The van der Waals surface area contributed by atoms with Crippen molar-refractivity contribution >= 4 is 32.7 Å². The lowest BCUT2D eigenvalue weighted by Crippen LogP contribution is -2.03. The fraction of sp³-hybridized carbons (Fsp3) is 0.333. The van der Waals surface area contributed by atoms with Crippen LogP contribution in [0.5, 0.6) is 0 Å². The number of carbonyl (C=O) groups is 1. The van der Waals surface area contributed by atoms with E-state index in [-0.39, 0.29) is 5.97 Å². The minimum Gasteiger partial charge on any atom is -0.469 e. The van der Waals surface area contributed by atoms with Crippen molar-refractivity contribution in [3.63, 3.8) is 0 Å². The maximum absolute atomic E-state index is 11.2. The highest BCUT2D eigenvalue weighted by Crippen LogP contribution is 2.26. The Kier molecular flexibility index (Phi) is 3.58. The van der Waals surface area contributed by atoms with Gasteiger partial charge in [0.05, 0.1) is 23.7 Å². The van der Waals surface area contributed by atoms with E-state index in [2.05, 4.69) is 15.0 Å². The maximum Gasteiger partial charge on any atom is 0.309 e. The van der Waals surface area contributed by atoms with Crippen molar-refractivity contribution < 1.29 is 9.53 Å².